The first kappa shape index (κ1) is 21.7. The van der Waals surface area contributed by atoms with Gasteiger partial charge in [-0.05, 0) is 49.9 Å². The van der Waals surface area contributed by atoms with Crippen molar-refractivity contribution in [2.24, 2.45) is 5.73 Å². The average Bonchev–Trinajstić information content (AvgIpc) is 3.54. The Bertz CT molecular complexity index is 1080. The summed E-state index contributed by atoms with van der Waals surface area (Å²) in [7, 11) is 0. The Hall–Kier alpha value is -3.57. The van der Waals surface area contributed by atoms with Crippen LogP contribution < -0.4 is 21.7 Å². The van der Waals surface area contributed by atoms with E-state index in [1.165, 1.54) is 18.5 Å². The van der Waals surface area contributed by atoms with Gasteiger partial charge in [0.1, 0.15) is 11.6 Å². The van der Waals surface area contributed by atoms with Gasteiger partial charge in [0.2, 0.25) is 0 Å². The fourth-order valence-corrected chi connectivity index (χ4v) is 3.65. The van der Waals surface area contributed by atoms with Crippen LogP contribution in [0.15, 0.2) is 36.4 Å². The Morgan fingerprint density at radius 2 is 1.97 bits per heavy atom. The van der Waals surface area contributed by atoms with Crippen LogP contribution in [0.4, 0.5) is 28.8 Å². The molecule has 0 atom stereocenters. The van der Waals surface area contributed by atoms with Crippen LogP contribution in [0.5, 0.6) is 0 Å². The molecule has 0 saturated heterocycles. The number of pyridine rings is 1. The number of aromatic nitrogens is 3. The summed E-state index contributed by atoms with van der Waals surface area (Å²) in [6.07, 6.45) is 4.56. The van der Waals surface area contributed by atoms with Gasteiger partial charge in [0.15, 0.2) is 5.82 Å². The zero-order valence-corrected chi connectivity index (χ0v) is 18.4. The van der Waals surface area contributed by atoms with Gasteiger partial charge in [-0.1, -0.05) is 19.1 Å². The Morgan fingerprint density at radius 3 is 2.66 bits per heavy atom. The molecular formula is C24H30N8. The number of benzene rings is 1. The lowest BCUT2D eigenvalue weighted by Gasteiger charge is -2.18. The van der Waals surface area contributed by atoms with Gasteiger partial charge in [-0.2, -0.15) is 10.4 Å². The Labute approximate surface area is 188 Å². The van der Waals surface area contributed by atoms with Gasteiger partial charge in [-0.3, -0.25) is 5.10 Å². The van der Waals surface area contributed by atoms with E-state index in [-0.39, 0.29) is 0 Å². The van der Waals surface area contributed by atoms with Crippen molar-refractivity contribution in [2.45, 2.75) is 44.9 Å². The minimum Gasteiger partial charge on any atom is -0.385 e. The topological polar surface area (TPSA) is 127 Å². The van der Waals surface area contributed by atoms with Crippen molar-refractivity contribution in [3.05, 3.63) is 53.2 Å². The van der Waals surface area contributed by atoms with Gasteiger partial charge in [-0.25, -0.2) is 4.98 Å². The van der Waals surface area contributed by atoms with Crippen molar-refractivity contribution in [2.75, 3.05) is 29.0 Å². The number of hydrogen-bond donors (Lipinski definition) is 5. The van der Waals surface area contributed by atoms with Crippen LogP contribution in [0.2, 0.25) is 0 Å². The molecular weight excluding hydrogens is 400 g/mol. The van der Waals surface area contributed by atoms with E-state index >= 15 is 0 Å². The van der Waals surface area contributed by atoms with Crippen LogP contribution >= 0.6 is 0 Å². The Kier molecular flexibility index (Phi) is 6.87. The lowest BCUT2D eigenvalue weighted by atomic mass is 10.1. The highest BCUT2D eigenvalue weighted by atomic mass is 15.2. The third-order valence-electron chi connectivity index (χ3n) is 5.55. The SMILES string of the molecule is CCc1c(NCCCN)cc(Nc2cc(C3CC3)[nH]n2)nc1Nc1ccc(CC#N)cc1. The summed E-state index contributed by atoms with van der Waals surface area (Å²) in [5, 5.41) is 26.7. The van der Waals surface area contributed by atoms with Crippen molar-refractivity contribution < 1.29 is 0 Å². The zero-order valence-electron chi connectivity index (χ0n) is 18.4. The fraction of sp³-hybridized carbons (Fsp3) is 0.375. The van der Waals surface area contributed by atoms with E-state index in [1.54, 1.807) is 0 Å². The molecule has 0 radical (unpaired) electrons. The molecule has 166 valence electrons. The van der Waals surface area contributed by atoms with Crippen LogP contribution in [0.25, 0.3) is 0 Å². The second-order valence-corrected chi connectivity index (χ2v) is 8.07. The maximum atomic E-state index is 8.89. The second kappa shape index (κ2) is 10.2. The van der Waals surface area contributed by atoms with Crippen LogP contribution in [-0.2, 0) is 12.8 Å². The molecule has 1 aromatic carbocycles. The number of anilines is 5. The monoisotopic (exact) mass is 430 g/mol. The molecule has 2 aromatic heterocycles. The van der Waals surface area contributed by atoms with Crippen molar-refractivity contribution in [1.29, 1.82) is 5.26 Å². The number of nitriles is 1. The summed E-state index contributed by atoms with van der Waals surface area (Å²) >= 11 is 0. The number of nitrogens with two attached hydrogens (primary N) is 1. The molecule has 1 aliphatic carbocycles. The number of nitrogens with one attached hydrogen (secondary N) is 4. The Balaban J connectivity index is 1.61. The molecule has 6 N–H and O–H groups in total. The number of nitrogens with zero attached hydrogens (tertiary/aromatic N) is 3. The smallest absolute Gasteiger partial charge is 0.153 e. The highest BCUT2D eigenvalue weighted by Crippen LogP contribution is 2.40. The highest BCUT2D eigenvalue weighted by molar-refractivity contribution is 5.73. The van der Waals surface area contributed by atoms with E-state index in [2.05, 4.69) is 45.2 Å². The molecule has 8 heteroatoms. The van der Waals surface area contributed by atoms with Crippen molar-refractivity contribution in [3.63, 3.8) is 0 Å². The highest BCUT2D eigenvalue weighted by Gasteiger charge is 2.25. The lowest BCUT2D eigenvalue weighted by molar-refractivity contribution is 0.872. The third-order valence-corrected chi connectivity index (χ3v) is 5.55. The quantitative estimate of drug-likeness (QED) is 0.282. The van der Waals surface area contributed by atoms with Gasteiger partial charge < -0.3 is 21.7 Å². The maximum Gasteiger partial charge on any atom is 0.153 e. The molecule has 8 nitrogen and oxygen atoms in total. The van der Waals surface area contributed by atoms with E-state index in [0.29, 0.717) is 18.9 Å². The maximum absolute atomic E-state index is 8.89. The molecule has 3 aromatic rings. The standard InChI is InChI=1S/C24H30N8/c1-2-19-21(27-13-3-11-25)15-22(29-23-14-20(31-32-23)17-6-7-17)30-24(19)28-18-8-4-16(5-9-18)10-12-26/h4-5,8-9,14-15,17H,2-3,6-7,10-11,13,25H2,1H3,(H4,27,28,29,30,31,32). The number of H-pyrrole nitrogens is 1. The van der Waals surface area contributed by atoms with E-state index in [4.69, 9.17) is 16.0 Å². The lowest BCUT2D eigenvalue weighted by Crippen LogP contribution is -2.12. The third kappa shape index (κ3) is 5.37. The molecule has 0 bridgehead atoms. The normalized spacial score (nSPS) is 12.9. The van der Waals surface area contributed by atoms with E-state index in [9.17, 15) is 0 Å². The van der Waals surface area contributed by atoms with Gasteiger partial charge in [0.05, 0.1) is 12.5 Å². The van der Waals surface area contributed by atoms with Crippen molar-refractivity contribution in [3.8, 4) is 6.07 Å². The van der Waals surface area contributed by atoms with Gasteiger partial charge in [0, 0.05) is 47.2 Å². The second-order valence-electron chi connectivity index (χ2n) is 8.07. The van der Waals surface area contributed by atoms with E-state index in [0.717, 1.165) is 59.3 Å². The van der Waals surface area contributed by atoms with Crippen LogP contribution in [0.1, 0.15) is 48.9 Å². The molecule has 32 heavy (non-hydrogen) atoms. The van der Waals surface area contributed by atoms with Gasteiger partial charge in [0.25, 0.3) is 0 Å². The minimum absolute atomic E-state index is 0.403. The molecule has 1 fully saturated rings. The molecule has 1 aliphatic rings. The molecule has 0 unspecified atom stereocenters. The molecule has 1 saturated carbocycles. The van der Waals surface area contributed by atoms with Crippen LogP contribution in [-0.4, -0.2) is 28.3 Å². The molecule has 0 spiro atoms. The molecule has 2 heterocycles. The van der Waals surface area contributed by atoms with Crippen LogP contribution in [0, 0.1) is 11.3 Å². The van der Waals surface area contributed by atoms with E-state index < -0.39 is 0 Å². The Morgan fingerprint density at radius 1 is 1.16 bits per heavy atom. The van der Waals surface area contributed by atoms with Crippen molar-refractivity contribution >= 4 is 28.8 Å². The minimum atomic E-state index is 0.403. The first-order valence-electron chi connectivity index (χ1n) is 11.2. The van der Waals surface area contributed by atoms with Crippen LogP contribution in [0.3, 0.4) is 0 Å². The summed E-state index contributed by atoms with van der Waals surface area (Å²) in [6, 6.07) is 14.2. The van der Waals surface area contributed by atoms with Gasteiger partial charge >= 0.3 is 0 Å². The number of hydrogen-bond acceptors (Lipinski definition) is 7. The molecule has 4 rings (SSSR count). The average molecular weight is 431 g/mol. The summed E-state index contributed by atoms with van der Waals surface area (Å²) in [4.78, 5) is 4.86. The molecule has 0 aliphatic heterocycles. The summed E-state index contributed by atoms with van der Waals surface area (Å²) in [6.45, 7) is 3.56. The predicted octanol–water partition coefficient (Wildman–Crippen LogP) is 4.56. The van der Waals surface area contributed by atoms with Crippen molar-refractivity contribution in [1.82, 2.24) is 15.2 Å². The largest absolute Gasteiger partial charge is 0.385 e. The summed E-state index contributed by atoms with van der Waals surface area (Å²) in [5.41, 5.74) is 10.9. The molecule has 0 amide bonds. The predicted molar refractivity (Wildman–Crippen MR) is 129 cm³/mol. The first-order chi connectivity index (χ1) is 15.7. The van der Waals surface area contributed by atoms with E-state index in [1.807, 2.05) is 30.3 Å². The first-order valence-corrected chi connectivity index (χ1v) is 11.2. The summed E-state index contributed by atoms with van der Waals surface area (Å²) < 4.78 is 0. The zero-order chi connectivity index (χ0) is 22.3. The van der Waals surface area contributed by atoms with Gasteiger partial charge in [-0.15, -0.1) is 0 Å². The summed E-state index contributed by atoms with van der Waals surface area (Å²) in [5.74, 6) is 2.89. The number of aromatic amines is 1. The fourth-order valence-electron chi connectivity index (χ4n) is 3.65. The number of rotatable bonds is 11.